The van der Waals surface area contributed by atoms with Gasteiger partial charge in [-0.15, -0.1) is 0 Å². The van der Waals surface area contributed by atoms with Gasteiger partial charge in [-0.25, -0.2) is 4.98 Å². The Labute approximate surface area is 207 Å². The summed E-state index contributed by atoms with van der Waals surface area (Å²) in [6.07, 6.45) is 4.06. The van der Waals surface area contributed by atoms with E-state index < -0.39 is 0 Å². The molecule has 3 aromatic carbocycles. The van der Waals surface area contributed by atoms with Crippen LogP contribution in [0.5, 0.6) is 0 Å². The van der Waals surface area contributed by atoms with Crippen LogP contribution in [0.1, 0.15) is 63.4 Å². The summed E-state index contributed by atoms with van der Waals surface area (Å²) in [6, 6.07) is 26.7. The maximum atomic E-state index is 13.8. The molecule has 0 bridgehead atoms. The molecule has 180 valence electrons. The molecule has 5 nitrogen and oxygen atoms in total. The fourth-order valence-electron chi connectivity index (χ4n) is 4.56. The maximum absolute atomic E-state index is 13.8. The average molecular weight is 468 g/mol. The Morgan fingerprint density at radius 1 is 0.886 bits per heavy atom. The number of nitrogens with zero attached hydrogens (tertiary/aromatic N) is 3. The van der Waals surface area contributed by atoms with E-state index in [0.29, 0.717) is 36.1 Å². The third kappa shape index (κ3) is 5.51. The first-order chi connectivity index (χ1) is 17.1. The zero-order valence-electron chi connectivity index (χ0n) is 20.6. The fraction of sp³-hybridized carbons (Fsp3) is 0.300. The predicted molar refractivity (Wildman–Crippen MR) is 142 cm³/mol. The van der Waals surface area contributed by atoms with E-state index >= 15 is 0 Å². The third-order valence-electron chi connectivity index (χ3n) is 6.39. The molecular formula is C30H33N3O2. The Hall–Kier alpha value is -3.73. The van der Waals surface area contributed by atoms with Crippen LogP contribution in [0, 0.1) is 0 Å². The minimum atomic E-state index is -0.346. The number of carbonyl (C=O) groups excluding carboxylic acids is 1. The van der Waals surface area contributed by atoms with Crippen molar-refractivity contribution in [1.82, 2.24) is 14.5 Å². The van der Waals surface area contributed by atoms with Gasteiger partial charge in [-0.3, -0.25) is 14.2 Å². The van der Waals surface area contributed by atoms with Gasteiger partial charge in [0.2, 0.25) is 5.91 Å². The van der Waals surface area contributed by atoms with Gasteiger partial charge in [0.15, 0.2) is 0 Å². The van der Waals surface area contributed by atoms with Gasteiger partial charge in [-0.2, -0.15) is 0 Å². The molecule has 0 aliphatic heterocycles. The minimum Gasteiger partial charge on any atom is -0.328 e. The second-order valence-electron chi connectivity index (χ2n) is 8.85. The van der Waals surface area contributed by atoms with Gasteiger partial charge in [0.25, 0.3) is 5.56 Å². The monoisotopic (exact) mass is 467 g/mol. The fourth-order valence-corrected chi connectivity index (χ4v) is 4.56. The van der Waals surface area contributed by atoms with Crippen LogP contribution in [0.3, 0.4) is 0 Å². The highest BCUT2D eigenvalue weighted by Gasteiger charge is 2.29. The molecule has 1 heterocycles. The summed E-state index contributed by atoms with van der Waals surface area (Å²) in [6.45, 7) is 4.67. The normalized spacial score (nSPS) is 11.9. The Morgan fingerprint density at radius 3 is 2.23 bits per heavy atom. The van der Waals surface area contributed by atoms with E-state index in [0.717, 1.165) is 30.5 Å². The minimum absolute atomic E-state index is 0.0937. The first-order valence-electron chi connectivity index (χ1n) is 12.5. The molecular weight excluding hydrogens is 434 g/mol. The Balaban J connectivity index is 1.87. The lowest BCUT2D eigenvalue weighted by atomic mass is 10.1. The molecule has 1 aromatic heterocycles. The molecule has 0 N–H and O–H groups in total. The highest BCUT2D eigenvalue weighted by molar-refractivity contribution is 5.79. The lowest BCUT2D eigenvalue weighted by molar-refractivity contribution is -0.135. The highest BCUT2D eigenvalue weighted by Crippen LogP contribution is 2.28. The molecule has 0 radical (unpaired) electrons. The van der Waals surface area contributed by atoms with Gasteiger partial charge in [0.1, 0.15) is 5.82 Å². The lowest BCUT2D eigenvalue weighted by Gasteiger charge is -2.32. The van der Waals surface area contributed by atoms with E-state index in [9.17, 15) is 9.59 Å². The van der Waals surface area contributed by atoms with Crippen LogP contribution in [-0.2, 0) is 11.3 Å². The summed E-state index contributed by atoms with van der Waals surface area (Å²) in [4.78, 5) is 34.3. The van der Waals surface area contributed by atoms with Crippen LogP contribution < -0.4 is 5.56 Å². The molecule has 1 unspecified atom stereocenters. The van der Waals surface area contributed by atoms with Crippen molar-refractivity contribution in [2.45, 2.75) is 58.5 Å². The number of benzene rings is 3. The zero-order chi connectivity index (χ0) is 24.6. The lowest BCUT2D eigenvalue weighted by Crippen LogP contribution is -2.38. The summed E-state index contributed by atoms with van der Waals surface area (Å²) < 4.78 is 1.69. The Morgan fingerprint density at radius 2 is 1.54 bits per heavy atom. The van der Waals surface area contributed by atoms with Crippen molar-refractivity contribution < 1.29 is 4.79 Å². The predicted octanol–water partition coefficient (Wildman–Crippen LogP) is 6.45. The van der Waals surface area contributed by atoms with Crippen molar-refractivity contribution in [3.63, 3.8) is 0 Å². The number of hydrogen-bond donors (Lipinski definition) is 0. The highest BCUT2D eigenvalue weighted by atomic mass is 16.2. The first-order valence-corrected chi connectivity index (χ1v) is 12.5. The topological polar surface area (TPSA) is 55.2 Å². The SMILES string of the molecule is CCCCCC(=O)N(Cc1ccccc1)C(CC)c1nc2ccccc2c(=O)n1-c1ccccc1. The quantitative estimate of drug-likeness (QED) is 0.252. The van der Waals surface area contributed by atoms with Gasteiger partial charge in [0, 0.05) is 13.0 Å². The smallest absolute Gasteiger partial charge is 0.266 e. The number of unbranched alkanes of at least 4 members (excludes halogenated alkanes) is 2. The van der Waals surface area contributed by atoms with Crippen molar-refractivity contribution in [2.75, 3.05) is 0 Å². The number of hydrogen-bond acceptors (Lipinski definition) is 3. The second kappa shape index (κ2) is 11.6. The number of para-hydroxylation sites is 2. The number of amides is 1. The van der Waals surface area contributed by atoms with Gasteiger partial charge < -0.3 is 4.90 Å². The number of aromatic nitrogens is 2. The zero-order valence-corrected chi connectivity index (χ0v) is 20.6. The van der Waals surface area contributed by atoms with Gasteiger partial charge in [-0.1, -0.05) is 87.4 Å². The summed E-state index contributed by atoms with van der Waals surface area (Å²) in [7, 11) is 0. The van der Waals surface area contributed by atoms with Gasteiger partial charge in [-0.05, 0) is 42.7 Å². The maximum Gasteiger partial charge on any atom is 0.266 e. The molecule has 1 amide bonds. The Kier molecular flexibility index (Phi) is 8.09. The van der Waals surface area contributed by atoms with Crippen LogP contribution in [0.15, 0.2) is 89.7 Å². The number of fused-ring (bicyclic) bond motifs is 1. The van der Waals surface area contributed by atoms with Crippen LogP contribution in [0.2, 0.25) is 0 Å². The summed E-state index contributed by atoms with van der Waals surface area (Å²) in [5, 5.41) is 0.568. The van der Waals surface area contributed by atoms with E-state index in [1.807, 2.05) is 89.8 Å². The molecule has 0 spiro atoms. The van der Waals surface area contributed by atoms with Crippen molar-refractivity contribution in [3.8, 4) is 5.69 Å². The number of rotatable bonds is 10. The molecule has 0 fully saturated rings. The Bertz CT molecular complexity index is 1320. The molecule has 4 aromatic rings. The largest absolute Gasteiger partial charge is 0.328 e. The molecule has 4 rings (SSSR count). The standard InChI is InChI=1S/C30H33N3O2/c1-3-5-8-21-28(34)32(22-23-15-9-6-10-16-23)27(4-2)29-31-26-20-14-13-19-25(26)30(35)33(29)24-17-11-7-12-18-24/h6-7,9-20,27H,3-5,8,21-22H2,1-2H3. The van der Waals surface area contributed by atoms with Crippen LogP contribution in [-0.4, -0.2) is 20.4 Å². The van der Waals surface area contributed by atoms with Crippen molar-refractivity contribution >= 4 is 16.8 Å². The molecule has 0 aliphatic rings. The first kappa shape index (κ1) is 24.4. The molecule has 35 heavy (non-hydrogen) atoms. The molecule has 1 atom stereocenters. The third-order valence-corrected chi connectivity index (χ3v) is 6.39. The average Bonchev–Trinajstić information content (AvgIpc) is 2.90. The van der Waals surface area contributed by atoms with Gasteiger partial charge >= 0.3 is 0 Å². The van der Waals surface area contributed by atoms with Crippen molar-refractivity contribution in [1.29, 1.82) is 0 Å². The van der Waals surface area contributed by atoms with Crippen LogP contribution in [0.4, 0.5) is 0 Å². The second-order valence-corrected chi connectivity index (χ2v) is 8.85. The molecule has 5 heteroatoms. The van der Waals surface area contributed by atoms with E-state index in [1.165, 1.54) is 0 Å². The van der Waals surface area contributed by atoms with E-state index in [1.54, 1.807) is 4.57 Å². The molecule has 0 saturated heterocycles. The number of carbonyl (C=O) groups is 1. The molecule has 0 aliphatic carbocycles. The molecule has 0 saturated carbocycles. The summed E-state index contributed by atoms with van der Waals surface area (Å²) >= 11 is 0. The summed E-state index contributed by atoms with van der Waals surface area (Å²) in [5.74, 6) is 0.693. The summed E-state index contributed by atoms with van der Waals surface area (Å²) in [5.41, 5.74) is 2.34. The van der Waals surface area contributed by atoms with Crippen molar-refractivity contribution in [2.24, 2.45) is 0 Å². The van der Waals surface area contributed by atoms with E-state index in [4.69, 9.17) is 4.98 Å². The van der Waals surface area contributed by atoms with Gasteiger partial charge in [0.05, 0.1) is 22.6 Å². The van der Waals surface area contributed by atoms with Crippen LogP contribution in [0.25, 0.3) is 16.6 Å². The van der Waals surface area contributed by atoms with Crippen LogP contribution >= 0.6 is 0 Å². The van der Waals surface area contributed by atoms with E-state index in [2.05, 4.69) is 13.8 Å². The van der Waals surface area contributed by atoms with Crippen molar-refractivity contribution in [3.05, 3.63) is 107 Å². The van der Waals surface area contributed by atoms with E-state index in [-0.39, 0.29) is 17.5 Å².